The molecule has 1 N–H and O–H groups in total. The van der Waals surface area contributed by atoms with E-state index in [9.17, 15) is 5.11 Å². The van der Waals surface area contributed by atoms with Crippen molar-refractivity contribution in [2.45, 2.75) is 57.0 Å². The molecule has 0 bridgehead atoms. The number of likely N-dealkylation sites (N-methyl/N-ethyl adjacent to an activating group) is 1. The summed E-state index contributed by atoms with van der Waals surface area (Å²) in [4.78, 5) is 2.22. The molecule has 1 aromatic carbocycles. The van der Waals surface area contributed by atoms with Crippen LogP contribution in [0.5, 0.6) is 5.75 Å². The molecule has 2 aliphatic carbocycles. The number of benzene rings is 1. The first-order valence-corrected chi connectivity index (χ1v) is 8.76. The molecular formula is C20H32ClNO2. The first kappa shape index (κ1) is 19.6. The molecule has 1 aromatic rings. The standard InChI is InChI=1S/C20H31NO2.ClH/c1-18(2)8-10-20(22,11-9-18)19(14-21(3)4)13-15-6-7-16(23-5)12-17(15)19;/h6-7,12,22H,8-11,13-14H2,1-5H3;1H. The van der Waals surface area contributed by atoms with Gasteiger partial charge in [-0.15, -0.1) is 12.4 Å². The maximum atomic E-state index is 11.7. The Labute approximate surface area is 152 Å². The van der Waals surface area contributed by atoms with Crippen molar-refractivity contribution in [2.75, 3.05) is 27.7 Å². The Morgan fingerprint density at radius 2 is 1.75 bits per heavy atom. The molecule has 1 saturated carbocycles. The van der Waals surface area contributed by atoms with Crippen molar-refractivity contribution in [1.82, 2.24) is 4.90 Å². The molecule has 0 radical (unpaired) electrons. The lowest BCUT2D eigenvalue weighted by atomic mass is 9.50. The van der Waals surface area contributed by atoms with E-state index in [-0.39, 0.29) is 17.8 Å². The van der Waals surface area contributed by atoms with Crippen molar-refractivity contribution in [1.29, 1.82) is 0 Å². The molecule has 136 valence electrons. The van der Waals surface area contributed by atoms with Crippen LogP contribution in [-0.2, 0) is 11.8 Å². The highest BCUT2D eigenvalue weighted by atomic mass is 35.5. The van der Waals surface area contributed by atoms with Gasteiger partial charge >= 0.3 is 0 Å². The van der Waals surface area contributed by atoms with Crippen LogP contribution in [0.2, 0.25) is 0 Å². The average molecular weight is 354 g/mol. The van der Waals surface area contributed by atoms with Crippen LogP contribution in [0.1, 0.15) is 50.7 Å². The fraction of sp³-hybridized carbons (Fsp3) is 0.700. The SMILES string of the molecule is COc1ccc2c(c1)C(CN(C)C)(C1(O)CCC(C)(C)CC1)C2.Cl. The monoisotopic (exact) mass is 353 g/mol. The Kier molecular flexibility index (Phi) is 5.30. The van der Waals surface area contributed by atoms with Gasteiger partial charge in [0.15, 0.2) is 0 Å². The van der Waals surface area contributed by atoms with Gasteiger partial charge in [0.25, 0.3) is 0 Å². The second kappa shape index (κ2) is 6.51. The third-order valence-corrected chi connectivity index (χ3v) is 6.23. The highest BCUT2D eigenvalue weighted by Crippen LogP contribution is 2.56. The number of aliphatic hydroxyl groups is 1. The third kappa shape index (κ3) is 3.07. The molecular weight excluding hydrogens is 322 g/mol. The van der Waals surface area contributed by atoms with Crippen molar-refractivity contribution in [2.24, 2.45) is 5.41 Å². The van der Waals surface area contributed by atoms with Gasteiger partial charge < -0.3 is 14.7 Å². The molecule has 0 heterocycles. The summed E-state index contributed by atoms with van der Waals surface area (Å²) in [6.07, 6.45) is 4.95. The minimum Gasteiger partial charge on any atom is -0.497 e. The predicted octanol–water partition coefficient (Wildman–Crippen LogP) is 3.80. The van der Waals surface area contributed by atoms with E-state index in [0.29, 0.717) is 5.41 Å². The summed E-state index contributed by atoms with van der Waals surface area (Å²) < 4.78 is 5.44. The fourth-order valence-electron chi connectivity index (χ4n) is 4.66. The third-order valence-electron chi connectivity index (χ3n) is 6.23. The van der Waals surface area contributed by atoms with E-state index in [1.165, 1.54) is 11.1 Å². The predicted molar refractivity (Wildman–Crippen MR) is 101 cm³/mol. The quantitative estimate of drug-likeness (QED) is 0.893. The van der Waals surface area contributed by atoms with Gasteiger partial charge in [-0.1, -0.05) is 19.9 Å². The second-order valence-electron chi connectivity index (χ2n) is 8.72. The van der Waals surface area contributed by atoms with Crippen LogP contribution in [0.4, 0.5) is 0 Å². The summed E-state index contributed by atoms with van der Waals surface area (Å²) in [5.41, 5.74) is 2.26. The number of rotatable bonds is 4. The zero-order chi connectivity index (χ0) is 16.9. The summed E-state index contributed by atoms with van der Waals surface area (Å²) in [7, 11) is 5.93. The topological polar surface area (TPSA) is 32.7 Å². The van der Waals surface area contributed by atoms with E-state index < -0.39 is 5.60 Å². The molecule has 3 nitrogen and oxygen atoms in total. The molecule has 0 aromatic heterocycles. The van der Waals surface area contributed by atoms with Crippen molar-refractivity contribution < 1.29 is 9.84 Å². The smallest absolute Gasteiger partial charge is 0.119 e. The zero-order valence-corrected chi connectivity index (χ0v) is 16.5. The molecule has 24 heavy (non-hydrogen) atoms. The van der Waals surface area contributed by atoms with Crippen molar-refractivity contribution >= 4 is 12.4 Å². The highest BCUT2D eigenvalue weighted by Gasteiger charge is 2.58. The van der Waals surface area contributed by atoms with Crippen molar-refractivity contribution in [3.63, 3.8) is 0 Å². The van der Waals surface area contributed by atoms with Crippen LogP contribution >= 0.6 is 12.4 Å². The lowest BCUT2D eigenvalue weighted by Gasteiger charge is -2.58. The molecule has 0 saturated heterocycles. The Bertz CT molecular complexity index is 589. The molecule has 1 fully saturated rings. The molecule has 4 heteroatoms. The fourth-order valence-corrected chi connectivity index (χ4v) is 4.66. The number of fused-ring (bicyclic) bond motifs is 1. The Hall–Kier alpha value is -0.770. The Balaban J connectivity index is 0.00000208. The lowest BCUT2D eigenvalue weighted by Crippen LogP contribution is -2.63. The van der Waals surface area contributed by atoms with Gasteiger partial charge in [-0.3, -0.25) is 0 Å². The molecule has 0 spiro atoms. The second-order valence-corrected chi connectivity index (χ2v) is 8.72. The molecule has 2 aliphatic rings. The zero-order valence-electron chi connectivity index (χ0n) is 15.7. The lowest BCUT2D eigenvalue weighted by molar-refractivity contribution is -0.104. The first-order chi connectivity index (χ1) is 10.7. The minimum absolute atomic E-state index is 0. The molecule has 3 rings (SSSR count). The van der Waals surface area contributed by atoms with Crippen LogP contribution in [0.25, 0.3) is 0 Å². The van der Waals surface area contributed by atoms with E-state index in [4.69, 9.17) is 4.74 Å². The normalized spacial score (nSPS) is 27.0. The van der Waals surface area contributed by atoms with E-state index in [1.54, 1.807) is 7.11 Å². The van der Waals surface area contributed by atoms with Crippen LogP contribution in [0.3, 0.4) is 0 Å². The Morgan fingerprint density at radius 1 is 1.12 bits per heavy atom. The van der Waals surface area contributed by atoms with Crippen LogP contribution in [0.15, 0.2) is 18.2 Å². The van der Waals surface area contributed by atoms with Gasteiger partial charge in [-0.25, -0.2) is 0 Å². The molecule has 0 amide bonds. The van der Waals surface area contributed by atoms with E-state index >= 15 is 0 Å². The summed E-state index contributed by atoms with van der Waals surface area (Å²) in [6.45, 7) is 5.54. The molecule has 0 aliphatic heterocycles. The Morgan fingerprint density at radius 3 is 2.29 bits per heavy atom. The first-order valence-electron chi connectivity index (χ1n) is 8.76. The highest BCUT2D eigenvalue weighted by molar-refractivity contribution is 5.85. The van der Waals surface area contributed by atoms with Gasteiger partial charge in [0.2, 0.25) is 0 Å². The van der Waals surface area contributed by atoms with E-state index in [2.05, 4.69) is 45.0 Å². The number of ether oxygens (including phenoxy) is 1. The van der Waals surface area contributed by atoms with Gasteiger partial charge in [0.05, 0.1) is 12.7 Å². The van der Waals surface area contributed by atoms with Crippen molar-refractivity contribution in [3.05, 3.63) is 29.3 Å². The van der Waals surface area contributed by atoms with E-state index in [0.717, 1.165) is 44.4 Å². The van der Waals surface area contributed by atoms with Crippen LogP contribution < -0.4 is 4.74 Å². The maximum absolute atomic E-state index is 11.7. The van der Waals surface area contributed by atoms with Crippen LogP contribution in [-0.4, -0.2) is 43.4 Å². The number of halogens is 1. The number of nitrogens with zero attached hydrogens (tertiary/aromatic N) is 1. The summed E-state index contributed by atoms with van der Waals surface area (Å²) >= 11 is 0. The summed E-state index contributed by atoms with van der Waals surface area (Å²) in [6, 6.07) is 6.35. The van der Waals surface area contributed by atoms with Crippen LogP contribution in [0, 0.1) is 5.41 Å². The number of hydrogen-bond acceptors (Lipinski definition) is 3. The van der Waals surface area contributed by atoms with Crippen molar-refractivity contribution in [3.8, 4) is 5.75 Å². The molecule has 1 unspecified atom stereocenters. The minimum atomic E-state index is -0.605. The van der Waals surface area contributed by atoms with Gasteiger partial charge in [0, 0.05) is 12.0 Å². The molecule has 1 atom stereocenters. The average Bonchev–Trinajstić information content (AvgIpc) is 2.48. The van der Waals surface area contributed by atoms with Gasteiger partial charge in [-0.05, 0) is 74.9 Å². The largest absolute Gasteiger partial charge is 0.497 e. The van der Waals surface area contributed by atoms with E-state index in [1.807, 2.05) is 6.07 Å². The van der Waals surface area contributed by atoms with Gasteiger partial charge in [0.1, 0.15) is 5.75 Å². The number of methoxy groups -OCH3 is 1. The summed E-state index contributed by atoms with van der Waals surface area (Å²) in [5.74, 6) is 0.895. The summed E-state index contributed by atoms with van der Waals surface area (Å²) in [5, 5.41) is 11.7. The number of hydrogen-bond donors (Lipinski definition) is 1. The van der Waals surface area contributed by atoms with Gasteiger partial charge in [-0.2, -0.15) is 0 Å². The maximum Gasteiger partial charge on any atom is 0.119 e.